The molecular weight excluding hydrogens is 573 g/mol. The average Bonchev–Trinajstić information content (AvgIpc) is 3.67. The summed E-state index contributed by atoms with van der Waals surface area (Å²) < 4.78 is 28.7. The van der Waals surface area contributed by atoms with Gasteiger partial charge in [-0.25, -0.2) is 23.1 Å². The summed E-state index contributed by atoms with van der Waals surface area (Å²) in [6.45, 7) is 8.88. The van der Waals surface area contributed by atoms with Crippen LogP contribution in [0, 0.1) is 18.3 Å². The Morgan fingerprint density at radius 2 is 1.90 bits per heavy atom. The molecule has 2 aliphatic heterocycles. The first-order valence-electron chi connectivity index (χ1n) is 14.3. The van der Waals surface area contributed by atoms with Crippen LogP contribution in [0.15, 0.2) is 35.2 Å². The summed E-state index contributed by atoms with van der Waals surface area (Å²) in [5.74, 6) is 1.47. The van der Waals surface area contributed by atoms with E-state index in [0.717, 1.165) is 36.3 Å². The quantitative estimate of drug-likeness (QED) is 0.366. The van der Waals surface area contributed by atoms with E-state index in [1.807, 2.05) is 52.0 Å². The van der Waals surface area contributed by atoms with E-state index in [0.29, 0.717) is 46.9 Å². The van der Waals surface area contributed by atoms with Crippen molar-refractivity contribution >= 4 is 49.9 Å². The molecule has 0 spiro atoms. The average molecular weight is 609 g/mol. The number of amides is 2. The highest BCUT2D eigenvalue weighted by Crippen LogP contribution is 2.42. The topological polar surface area (TPSA) is 125 Å². The van der Waals surface area contributed by atoms with Crippen LogP contribution in [0.25, 0.3) is 10.4 Å². The highest BCUT2D eigenvalue weighted by Gasteiger charge is 2.41. The molecule has 2 fully saturated rings. The van der Waals surface area contributed by atoms with Gasteiger partial charge in [0, 0.05) is 24.5 Å². The number of carbonyl (C=O) groups is 2. The molecule has 12 heteroatoms. The fraction of sp³-hybridized carbons (Fsp3) is 0.467. The highest BCUT2D eigenvalue weighted by atomic mass is 32.2. The van der Waals surface area contributed by atoms with E-state index in [1.165, 1.54) is 18.4 Å². The minimum Gasteiger partial charge on any atom is -0.331 e. The van der Waals surface area contributed by atoms with Crippen LogP contribution in [0.1, 0.15) is 68.1 Å². The first-order valence-corrected chi connectivity index (χ1v) is 16.6. The molecule has 1 saturated heterocycles. The Kier molecular flexibility index (Phi) is 7.14. The highest BCUT2D eigenvalue weighted by molar-refractivity contribution is 7.89. The Labute approximate surface area is 250 Å². The number of hydrogen-bond donors (Lipinski definition) is 2. The zero-order chi connectivity index (χ0) is 30.0. The number of nitrogens with one attached hydrogen (secondary N) is 2. The Balaban J connectivity index is 1.32. The predicted molar refractivity (Wildman–Crippen MR) is 163 cm³/mol. The number of fused-ring (bicyclic) bond motifs is 1. The zero-order valence-corrected chi connectivity index (χ0v) is 26.2. The Morgan fingerprint density at radius 1 is 1.14 bits per heavy atom. The summed E-state index contributed by atoms with van der Waals surface area (Å²) in [5, 5.41) is 3.87. The van der Waals surface area contributed by atoms with Crippen LogP contribution in [0.4, 0.5) is 16.8 Å². The molecule has 3 aliphatic rings. The molecule has 42 heavy (non-hydrogen) atoms. The van der Waals surface area contributed by atoms with Gasteiger partial charge in [-0.2, -0.15) is 0 Å². The monoisotopic (exact) mass is 608 g/mol. The lowest BCUT2D eigenvalue weighted by atomic mass is 9.83. The molecule has 3 aromatic rings. The van der Waals surface area contributed by atoms with Gasteiger partial charge >= 0.3 is 0 Å². The smallest absolute Gasteiger partial charge is 0.256 e. The number of pyridine rings is 1. The standard InChI is InChI=1S/C30H36N6O4S2/c1-17-26(41-29(32-17)34-23-8-6-9-24(33-23)35-13-7-12-30(3,4)28(35)38)20-14-21-16-36(18(2)19-10-11-19)27(37)25(21)22(15-20)42(39,40)31-5/h6,8-9,14-15,18-19,31H,7,10-13,16H2,1-5H3,(H,32,33,34)/t18-/m0/s1. The Hall–Kier alpha value is -3.35. The van der Waals surface area contributed by atoms with E-state index in [1.54, 1.807) is 15.9 Å². The molecule has 1 atom stereocenters. The Morgan fingerprint density at radius 3 is 2.62 bits per heavy atom. The van der Waals surface area contributed by atoms with Crippen molar-refractivity contribution in [1.29, 1.82) is 0 Å². The van der Waals surface area contributed by atoms with Gasteiger partial charge in [0.1, 0.15) is 11.6 Å². The summed E-state index contributed by atoms with van der Waals surface area (Å²) >= 11 is 1.39. The van der Waals surface area contributed by atoms with Crippen LogP contribution in [-0.4, -0.2) is 54.7 Å². The first-order chi connectivity index (χ1) is 19.9. The number of hydrogen-bond acceptors (Lipinski definition) is 8. The molecule has 2 amide bonds. The lowest BCUT2D eigenvalue weighted by Gasteiger charge is -2.36. The van der Waals surface area contributed by atoms with Crippen molar-refractivity contribution in [3.05, 3.63) is 47.2 Å². The van der Waals surface area contributed by atoms with Crippen molar-refractivity contribution in [3.8, 4) is 10.4 Å². The molecule has 6 rings (SSSR count). The molecule has 2 N–H and O–H groups in total. The van der Waals surface area contributed by atoms with Crippen molar-refractivity contribution in [1.82, 2.24) is 19.6 Å². The number of sulfonamides is 1. The number of benzene rings is 1. The van der Waals surface area contributed by atoms with Crippen molar-refractivity contribution in [3.63, 3.8) is 0 Å². The van der Waals surface area contributed by atoms with Gasteiger partial charge in [-0.3, -0.25) is 14.5 Å². The maximum Gasteiger partial charge on any atom is 0.256 e. The lowest BCUT2D eigenvalue weighted by molar-refractivity contribution is -0.128. The van der Waals surface area contributed by atoms with E-state index >= 15 is 0 Å². The van der Waals surface area contributed by atoms with Gasteiger partial charge in [0.05, 0.1) is 21.0 Å². The van der Waals surface area contributed by atoms with E-state index in [9.17, 15) is 18.0 Å². The molecule has 1 aromatic carbocycles. The minimum absolute atomic E-state index is 0.00111. The maximum absolute atomic E-state index is 13.5. The number of nitrogens with zero attached hydrogens (tertiary/aromatic N) is 4. The molecule has 0 bridgehead atoms. The summed E-state index contributed by atoms with van der Waals surface area (Å²) in [5.41, 5.74) is 1.98. The molecule has 0 unspecified atom stereocenters. The number of carbonyl (C=O) groups excluding carboxylic acids is 2. The number of anilines is 3. The number of thiazole rings is 1. The summed E-state index contributed by atoms with van der Waals surface area (Å²) in [4.78, 5) is 40.2. The van der Waals surface area contributed by atoms with E-state index in [2.05, 4.69) is 10.0 Å². The van der Waals surface area contributed by atoms with Gasteiger partial charge in [0.2, 0.25) is 15.9 Å². The molecule has 1 aliphatic carbocycles. The molecule has 1 saturated carbocycles. The van der Waals surface area contributed by atoms with Gasteiger partial charge in [0.25, 0.3) is 5.91 Å². The molecule has 0 radical (unpaired) electrons. The van der Waals surface area contributed by atoms with Crippen molar-refractivity contribution in [2.75, 3.05) is 23.8 Å². The zero-order valence-electron chi connectivity index (χ0n) is 24.5. The minimum atomic E-state index is -3.89. The van der Waals surface area contributed by atoms with Crippen LogP contribution in [0.5, 0.6) is 0 Å². The third-order valence-corrected chi connectivity index (χ3v) is 11.2. The number of piperidine rings is 1. The first kappa shape index (κ1) is 28.8. The summed E-state index contributed by atoms with van der Waals surface area (Å²) in [7, 11) is -2.54. The van der Waals surface area contributed by atoms with Gasteiger partial charge < -0.3 is 10.2 Å². The van der Waals surface area contributed by atoms with Crippen molar-refractivity contribution in [2.24, 2.45) is 11.3 Å². The van der Waals surface area contributed by atoms with Gasteiger partial charge in [-0.1, -0.05) is 31.3 Å². The molecular formula is C30H36N6O4S2. The second-order valence-electron chi connectivity index (χ2n) is 12.1. The van der Waals surface area contributed by atoms with Crippen LogP contribution in [-0.2, 0) is 21.4 Å². The van der Waals surface area contributed by atoms with Crippen LogP contribution >= 0.6 is 11.3 Å². The maximum atomic E-state index is 13.5. The largest absolute Gasteiger partial charge is 0.331 e. The number of rotatable bonds is 8. The van der Waals surface area contributed by atoms with Crippen LogP contribution in [0.2, 0.25) is 0 Å². The van der Waals surface area contributed by atoms with E-state index in [-0.39, 0.29) is 28.3 Å². The lowest BCUT2D eigenvalue weighted by Crippen LogP contribution is -2.46. The number of aromatic nitrogens is 2. The van der Waals surface area contributed by atoms with Gasteiger partial charge in [-0.15, -0.1) is 0 Å². The fourth-order valence-electron chi connectivity index (χ4n) is 6.00. The SMILES string of the molecule is CNS(=O)(=O)c1cc(-c2sc(Nc3cccc(N4CCCC(C)(C)C4=O)n3)nc2C)cc2c1C(=O)N([C@@H](C)C1CC1)C2. The van der Waals surface area contributed by atoms with Crippen molar-refractivity contribution < 1.29 is 18.0 Å². The van der Waals surface area contributed by atoms with Crippen LogP contribution in [0.3, 0.4) is 0 Å². The summed E-state index contributed by atoms with van der Waals surface area (Å²) in [6, 6.07) is 9.10. The van der Waals surface area contributed by atoms with E-state index in [4.69, 9.17) is 9.97 Å². The third-order valence-electron chi connectivity index (χ3n) is 8.67. The van der Waals surface area contributed by atoms with Gasteiger partial charge in [-0.05, 0) is 87.9 Å². The molecule has 10 nitrogen and oxygen atoms in total. The Bertz CT molecular complexity index is 1700. The van der Waals surface area contributed by atoms with Crippen molar-refractivity contribution in [2.45, 2.75) is 70.9 Å². The summed E-state index contributed by atoms with van der Waals surface area (Å²) in [6.07, 6.45) is 3.96. The van der Waals surface area contributed by atoms with Crippen LogP contribution < -0.4 is 14.9 Å². The fourth-order valence-corrected chi connectivity index (χ4v) is 7.95. The van der Waals surface area contributed by atoms with Gasteiger partial charge in [0.15, 0.2) is 5.13 Å². The predicted octanol–water partition coefficient (Wildman–Crippen LogP) is 5.07. The normalized spacial score (nSPS) is 19.3. The molecule has 4 heterocycles. The second kappa shape index (κ2) is 10.4. The van der Waals surface area contributed by atoms with E-state index < -0.39 is 15.4 Å². The second-order valence-corrected chi connectivity index (χ2v) is 15.0. The molecule has 222 valence electrons. The number of aryl methyl sites for hydroxylation is 1. The molecule has 2 aromatic heterocycles. The third kappa shape index (κ3) is 5.09.